The highest BCUT2D eigenvalue weighted by atomic mass is 35.5. The second-order valence-electron chi connectivity index (χ2n) is 10.3. The first-order chi connectivity index (χ1) is 15.9. The van der Waals surface area contributed by atoms with Gasteiger partial charge in [-0.1, -0.05) is 43.6 Å². The number of ether oxygens (including phenoxy) is 1. The van der Waals surface area contributed by atoms with E-state index in [-0.39, 0.29) is 23.7 Å². The summed E-state index contributed by atoms with van der Waals surface area (Å²) in [5, 5.41) is 3.65. The molecule has 0 aromatic heterocycles. The number of rotatable bonds is 6. The van der Waals surface area contributed by atoms with Gasteiger partial charge in [-0.25, -0.2) is 4.79 Å². The molecule has 1 aliphatic rings. The number of carbonyl (C=O) groups excluding carboxylic acids is 3. The van der Waals surface area contributed by atoms with Crippen LogP contribution in [0.4, 0.5) is 0 Å². The largest absolute Gasteiger partial charge is 0.465 e. The summed E-state index contributed by atoms with van der Waals surface area (Å²) in [6, 6.07) is 14.3. The quantitative estimate of drug-likeness (QED) is 0.581. The Morgan fingerprint density at radius 3 is 2.38 bits per heavy atom. The van der Waals surface area contributed by atoms with E-state index in [1.54, 1.807) is 18.2 Å². The lowest BCUT2D eigenvalue weighted by molar-refractivity contribution is -0.136. The van der Waals surface area contributed by atoms with Crippen LogP contribution in [0, 0.1) is 5.41 Å². The average molecular weight is 485 g/mol. The monoisotopic (exact) mass is 484 g/mol. The molecular formula is C27H33ClN2O4. The van der Waals surface area contributed by atoms with Crippen molar-refractivity contribution in [1.29, 1.82) is 0 Å². The topological polar surface area (TPSA) is 75.7 Å². The van der Waals surface area contributed by atoms with Crippen LogP contribution >= 0.6 is 11.6 Å². The number of amides is 2. The summed E-state index contributed by atoms with van der Waals surface area (Å²) in [4.78, 5) is 39.7. The van der Waals surface area contributed by atoms with Crippen LogP contribution in [0.1, 0.15) is 72.7 Å². The molecule has 1 N–H and O–H groups in total. The van der Waals surface area contributed by atoms with Gasteiger partial charge >= 0.3 is 5.97 Å². The Hall–Kier alpha value is -2.86. The Balaban J connectivity index is 1.63. The number of carbonyl (C=O) groups is 3. The van der Waals surface area contributed by atoms with Crippen LogP contribution in [0.15, 0.2) is 48.5 Å². The zero-order valence-corrected chi connectivity index (χ0v) is 21.2. The molecule has 1 heterocycles. The first-order valence-electron chi connectivity index (χ1n) is 11.5. The molecule has 0 aliphatic carbocycles. The third-order valence-corrected chi connectivity index (χ3v) is 6.70. The molecule has 2 amide bonds. The van der Waals surface area contributed by atoms with E-state index >= 15 is 0 Å². The number of nitrogens with one attached hydrogen (secondary N) is 1. The van der Waals surface area contributed by atoms with Gasteiger partial charge in [0.25, 0.3) is 5.91 Å². The van der Waals surface area contributed by atoms with E-state index in [4.69, 9.17) is 16.3 Å². The summed E-state index contributed by atoms with van der Waals surface area (Å²) in [5.74, 6) is -0.501. The van der Waals surface area contributed by atoms with Crippen molar-refractivity contribution in [2.24, 2.45) is 5.41 Å². The lowest BCUT2D eigenvalue weighted by atomic mass is 9.70. The Bertz CT molecular complexity index is 1060. The molecule has 2 aromatic rings. The molecule has 0 radical (unpaired) electrons. The zero-order chi connectivity index (χ0) is 25.1. The number of nitrogens with zero attached hydrogens (tertiary/aromatic N) is 1. The fraction of sp³-hybridized carbons (Fsp3) is 0.444. The van der Waals surface area contributed by atoms with Crippen LogP contribution in [-0.4, -0.2) is 48.4 Å². The Kier molecular flexibility index (Phi) is 7.71. The maximum Gasteiger partial charge on any atom is 0.337 e. The molecule has 1 aliphatic heterocycles. The predicted molar refractivity (Wildman–Crippen MR) is 133 cm³/mol. The van der Waals surface area contributed by atoms with Crippen molar-refractivity contribution in [3.05, 3.63) is 70.2 Å². The Labute approximate surface area is 206 Å². The van der Waals surface area contributed by atoms with Crippen molar-refractivity contribution in [3.8, 4) is 0 Å². The lowest BCUT2D eigenvalue weighted by Crippen LogP contribution is -2.51. The number of methoxy groups -OCH3 is 1. The van der Waals surface area contributed by atoms with E-state index in [0.717, 1.165) is 11.4 Å². The fourth-order valence-corrected chi connectivity index (χ4v) is 4.83. The third-order valence-electron chi connectivity index (χ3n) is 6.45. The summed E-state index contributed by atoms with van der Waals surface area (Å²) < 4.78 is 4.72. The van der Waals surface area contributed by atoms with Gasteiger partial charge in [-0.3, -0.25) is 9.59 Å². The Morgan fingerprint density at radius 2 is 1.76 bits per heavy atom. The summed E-state index contributed by atoms with van der Waals surface area (Å²) in [6.07, 6.45) is 1.05. The number of hydrogen-bond acceptors (Lipinski definition) is 4. The SMILES string of the molecule is COC(=O)c1cccc(C(=O)NC(C)(C)CC(=O)N2CCC(c3ccc(Cl)cc3)C(C)(C)C2)c1. The minimum atomic E-state index is -0.757. The van der Waals surface area contributed by atoms with Crippen molar-refractivity contribution in [2.75, 3.05) is 20.2 Å². The summed E-state index contributed by atoms with van der Waals surface area (Å²) >= 11 is 6.05. The molecule has 1 unspecified atom stereocenters. The number of benzene rings is 2. The van der Waals surface area contributed by atoms with E-state index in [1.165, 1.54) is 18.7 Å². The molecule has 6 nitrogen and oxygen atoms in total. The van der Waals surface area contributed by atoms with Crippen molar-refractivity contribution in [1.82, 2.24) is 10.2 Å². The molecule has 0 spiro atoms. The molecule has 3 rings (SSSR count). The van der Waals surface area contributed by atoms with E-state index < -0.39 is 11.5 Å². The number of esters is 1. The Morgan fingerprint density at radius 1 is 1.12 bits per heavy atom. The molecule has 2 aromatic carbocycles. The van der Waals surface area contributed by atoms with E-state index in [1.807, 2.05) is 30.9 Å². The average Bonchev–Trinajstić information content (AvgIpc) is 2.78. The van der Waals surface area contributed by atoms with Crippen molar-refractivity contribution in [3.63, 3.8) is 0 Å². The second kappa shape index (κ2) is 10.2. The maximum atomic E-state index is 13.2. The molecule has 0 bridgehead atoms. The predicted octanol–water partition coefficient (Wildman–Crippen LogP) is 5.07. The first-order valence-corrected chi connectivity index (χ1v) is 11.8. The molecule has 7 heteroatoms. The molecule has 1 saturated heterocycles. The van der Waals surface area contributed by atoms with Gasteiger partial charge in [0.15, 0.2) is 0 Å². The maximum absolute atomic E-state index is 13.2. The van der Waals surface area contributed by atoms with Crippen LogP contribution in [0.2, 0.25) is 5.02 Å². The van der Waals surface area contributed by atoms with Gasteiger partial charge in [-0.15, -0.1) is 0 Å². The molecular weight excluding hydrogens is 452 g/mol. The third kappa shape index (κ3) is 6.17. The molecule has 1 atom stereocenters. The van der Waals surface area contributed by atoms with E-state index in [2.05, 4.69) is 31.3 Å². The van der Waals surface area contributed by atoms with Crippen LogP contribution in [-0.2, 0) is 9.53 Å². The number of hydrogen-bond donors (Lipinski definition) is 1. The first kappa shape index (κ1) is 25.8. The molecule has 182 valence electrons. The summed E-state index contributed by atoms with van der Waals surface area (Å²) in [7, 11) is 1.29. The number of piperidine rings is 1. The van der Waals surface area contributed by atoms with Crippen LogP contribution in [0.3, 0.4) is 0 Å². The van der Waals surface area contributed by atoms with Gasteiger partial charge in [0.1, 0.15) is 0 Å². The number of likely N-dealkylation sites (tertiary alicyclic amines) is 1. The van der Waals surface area contributed by atoms with Gasteiger partial charge in [-0.2, -0.15) is 0 Å². The summed E-state index contributed by atoms with van der Waals surface area (Å²) in [6.45, 7) is 9.35. The van der Waals surface area contributed by atoms with Gasteiger partial charge < -0.3 is 15.0 Å². The molecule has 0 saturated carbocycles. The van der Waals surface area contributed by atoms with Crippen molar-refractivity contribution >= 4 is 29.4 Å². The smallest absolute Gasteiger partial charge is 0.337 e. The molecule has 1 fully saturated rings. The fourth-order valence-electron chi connectivity index (χ4n) is 4.70. The summed E-state index contributed by atoms with van der Waals surface area (Å²) in [5.41, 5.74) is 1.03. The zero-order valence-electron chi connectivity index (χ0n) is 20.5. The van der Waals surface area contributed by atoms with Gasteiger partial charge in [0.05, 0.1) is 12.7 Å². The van der Waals surface area contributed by atoms with Gasteiger partial charge in [-0.05, 0) is 67.5 Å². The standard InChI is InChI=1S/C27H33ClN2O4/c1-26(2)17-30(14-13-22(26)18-9-11-21(28)12-10-18)23(31)16-27(3,4)29-24(32)19-7-6-8-20(15-19)25(33)34-5/h6-12,15,22H,13-14,16-17H2,1-5H3,(H,29,32). The van der Waals surface area contributed by atoms with Crippen molar-refractivity contribution in [2.45, 2.75) is 52.0 Å². The minimum absolute atomic E-state index is 0.0104. The van der Waals surface area contributed by atoms with Gasteiger partial charge in [0, 0.05) is 35.6 Å². The normalized spacial score (nSPS) is 17.7. The highest BCUT2D eigenvalue weighted by molar-refractivity contribution is 6.30. The van der Waals surface area contributed by atoms with E-state index in [0.29, 0.717) is 30.1 Å². The van der Waals surface area contributed by atoms with Crippen LogP contribution in [0.5, 0.6) is 0 Å². The van der Waals surface area contributed by atoms with E-state index in [9.17, 15) is 14.4 Å². The second-order valence-corrected chi connectivity index (χ2v) is 10.7. The van der Waals surface area contributed by atoms with Crippen LogP contribution < -0.4 is 5.32 Å². The van der Waals surface area contributed by atoms with Crippen LogP contribution in [0.25, 0.3) is 0 Å². The highest BCUT2D eigenvalue weighted by Gasteiger charge is 2.39. The number of halogens is 1. The minimum Gasteiger partial charge on any atom is -0.465 e. The van der Waals surface area contributed by atoms with Crippen molar-refractivity contribution < 1.29 is 19.1 Å². The van der Waals surface area contributed by atoms with Gasteiger partial charge in [0.2, 0.25) is 5.91 Å². The lowest BCUT2D eigenvalue weighted by Gasteiger charge is -2.45. The molecule has 34 heavy (non-hydrogen) atoms. The highest BCUT2D eigenvalue weighted by Crippen LogP contribution is 2.42.